The van der Waals surface area contributed by atoms with E-state index in [-0.39, 0.29) is 5.92 Å². The lowest BCUT2D eigenvalue weighted by atomic mass is 9.93. The van der Waals surface area contributed by atoms with Gasteiger partial charge in [0.25, 0.3) is 0 Å². The quantitative estimate of drug-likeness (QED) is 0.477. The Labute approximate surface area is 160 Å². The van der Waals surface area contributed by atoms with Crippen LogP contribution in [0, 0.1) is 0 Å². The number of benzene rings is 4. The summed E-state index contributed by atoms with van der Waals surface area (Å²) >= 11 is 0. The Balaban J connectivity index is 1.62. The maximum atomic E-state index is 6.24. The van der Waals surface area contributed by atoms with E-state index in [0.29, 0.717) is 6.54 Å². The van der Waals surface area contributed by atoms with Crippen LogP contribution in [0.1, 0.15) is 17.0 Å². The predicted octanol–water partition coefficient (Wildman–Crippen LogP) is 6.09. The first kappa shape index (κ1) is 16.0. The first-order valence-corrected chi connectivity index (χ1v) is 9.44. The number of hydrogen-bond donors (Lipinski definition) is 1. The number of rotatable bonds is 3. The van der Waals surface area contributed by atoms with Crippen molar-refractivity contribution in [2.45, 2.75) is 5.92 Å². The summed E-state index contributed by atoms with van der Waals surface area (Å²) < 4.78 is 0. The summed E-state index contributed by atoms with van der Waals surface area (Å²) in [6.07, 6.45) is 0. The molecule has 0 aromatic heterocycles. The summed E-state index contributed by atoms with van der Waals surface area (Å²) in [6.45, 7) is 0.622. The second-order valence-electron chi connectivity index (χ2n) is 7.12. The molecular formula is C26H21N. The zero-order valence-electron chi connectivity index (χ0n) is 15.1. The van der Waals surface area contributed by atoms with Gasteiger partial charge < -0.3 is 5.73 Å². The summed E-state index contributed by atoms with van der Waals surface area (Å²) in [5, 5.41) is 0. The molecular weight excluding hydrogens is 326 g/mol. The molecule has 0 saturated heterocycles. The van der Waals surface area contributed by atoms with Crippen molar-refractivity contribution in [3.63, 3.8) is 0 Å². The van der Waals surface area contributed by atoms with Crippen LogP contribution < -0.4 is 5.73 Å². The van der Waals surface area contributed by atoms with E-state index in [9.17, 15) is 0 Å². The minimum absolute atomic E-state index is 0.252. The van der Waals surface area contributed by atoms with Crippen LogP contribution in [0.5, 0.6) is 0 Å². The summed E-state index contributed by atoms with van der Waals surface area (Å²) in [5.41, 5.74) is 16.6. The second-order valence-corrected chi connectivity index (χ2v) is 7.12. The van der Waals surface area contributed by atoms with Crippen molar-refractivity contribution in [1.82, 2.24) is 0 Å². The van der Waals surface area contributed by atoms with Crippen molar-refractivity contribution in [2.24, 2.45) is 5.73 Å². The van der Waals surface area contributed by atoms with Gasteiger partial charge in [-0.3, -0.25) is 0 Å². The SMILES string of the molecule is NCC1c2cc(-c3ccccc3)ccc2-c2ccc(-c3ccccc3)cc21. The molecule has 1 nitrogen and oxygen atoms in total. The molecule has 130 valence electrons. The molecule has 0 atom stereocenters. The molecule has 0 fully saturated rings. The van der Waals surface area contributed by atoms with E-state index in [1.54, 1.807) is 0 Å². The average molecular weight is 347 g/mol. The third-order valence-electron chi connectivity index (χ3n) is 5.59. The van der Waals surface area contributed by atoms with Crippen molar-refractivity contribution >= 4 is 0 Å². The van der Waals surface area contributed by atoms with E-state index < -0.39 is 0 Å². The van der Waals surface area contributed by atoms with Crippen molar-refractivity contribution in [3.8, 4) is 33.4 Å². The highest BCUT2D eigenvalue weighted by Gasteiger charge is 2.28. The van der Waals surface area contributed by atoms with Crippen molar-refractivity contribution in [3.05, 3.63) is 108 Å². The molecule has 0 saturated carbocycles. The zero-order chi connectivity index (χ0) is 18.2. The predicted molar refractivity (Wildman–Crippen MR) is 114 cm³/mol. The van der Waals surface area contributed by atoms with E-state index >= 15 is 0 Å². The van der Waals surface area contributed by atoms with Gasteiger partial charge in [-0.15, -0.1) is 0 Å². The van der Waals surface area contributed by atoms with Crippen LogP contribution in [0.15, 0.2) is 97.1 Å². The largest absolute Gasteiger partial charge is 0.330 e. The fraction of sp³-hybridized carbons (Fsp3) is 0.0769. The highest BCUT2D eigenvalue weighted by molar-refractivity contribution is 5.84. The molecule has 2 N–H and O–H groups in total. The van der Waals surface area contributed by atoms with Crippen LogP contribution in [0.4, 0.5) is 0 Å². The van der Waals surface area contributed by atoms with Crippen LogP contribution in [0.2, 0.25) is 0 Å². The van der Waals surface area contributed by atoms with Crippen LogP contribution in [-0.4, -0.2) is 6.54 Å². The fourth-order valence-electron chi connectivity index (χ4n) is 4.23. The van der Waals surface area contributed by atoms with Crippen molar-refractivity contribution in [1.29, 1.82) is 0 Å². The van der Waals surface area contributed by atoms with E-state index in [1.165, 1.54) is 44.5 Å². The van der Waals surface area contributed by atoms with Crippen molar-refractivity contribution < 1.29 is 0 Å². The molecule has 0 aliphatic heterocycles. The Morgan fingerprint density at radius 3 is 1.37 bits per heavy atom. The highest BCUT2D eigenvalue weighted by atomic mass is 14.6. The molecule has 4 aromatic carbocycles. The van der Waals surface area contributed by atoms with Crippen molar-refractivity contribution in [2.75, 3.05) is 6.54 Å². The topological polar surface area (TPSA) is 26.0 Å². The third kappa shape index (κ3) is 2.68. The Bertz CT molecular complexity index is 1010. The summed E-state index contributed by atoms with van der Waals surface area (Å²) in [7, 11) is 0. The average Bonchev–Trinajstić information content (AvgIpc) is 3.07. The first-order valence-electron chi connectivity index (χ1n) is 9.44. The molecule has 0 unspecified atom stereocenters. The van der Waals surface area contributed by atoms with Gasteiger partial charge in [0.05, 0.1) is 0 Å². The highest BCUT2D eigenvalue weighted by Crippen LogP contribution is 2.46. The third-order valence-corrected chi connectivity index (χ3v) is 5.59. The Hall–Kier alpha value is -3.16. The number of hydrogen-bond acceptors (Lipinski definition) is 1. The van der Waals surface area contributed by atoms with Gasteiger partial charge >= 0.3 is 0 Å². The van der Waals surface area contributed by atoms with E-state index in [0.717, 1.165) is 0 Å². The molecule has 4 aromatic rings. The molecule has 1 aliphatic rings. The van der Waals surface area contributed by atoms with Gasteiger partial charge in [0, 0.05) is 12.5 Å². The van der Waals surface area contributed by atoms with Crippen LogP contribution >= 0.6 is 0 Å². The Kier molecular flexibility index (Phi) is 3.88. The van der Waals surface area contributed by atoms with Gasteiger partial charge in [0.15, 0.2) is 0 Å². The van der Waals surface area contributed by atoms with Crippen LogP contribution in [-0.2, 0) is 0 Å². The molecule has 1 heteroatoms. The maximum absolute atomic E-state index is 6.24. The smallest absolute Gasteiger partial charge is 0.0225 e. The first-order chi connectivity index (χ1) is 13.3. The lowest BCUT2D eigenvalue weighted by Crippen LogP contribution is -2.11. The van der Waals surface area contributed by atoms with E-state index in [1.807, 2.05) is 0 Å². The maximum Gasteiger partial charge on any atom is 0.0225 e. The summed E-state index contributed by atoms with van der Waals surface area (Å²) in [6, 6.07) is 34.7. The minimum Gasteiger partial charge on any atom is -0.330 e. The van der Waals surface area contributed by atoms with Gasteiger partial charge in [0.1, 0.15) is 0 Å². The fourth-order valence-corrected chi connectivity index (χ4v) is 4.23. The van der Waals surface area contributed by atoms with Gasteiger partial charge in [-0.2, -0.15) is 0 Å². The molecule has 0 heterocycles. The molecule has 0 radical (unpaired) electrons. The monoisotopic (exact) mass is 347 g/mol. The Morgan fingerprint density at radius 1 is 0.519 bits per heavy atom. The minimum atomic E-state index is 0.252. The molecule has 5 rings (SSSR count). The molecule has 0 spiro atoms. The lowest BCUT2D eigenvalue weighted by molar-refractivity contribution is 0.841. The normalized spacial score (nSPS) is 12.6. The molecule has 27 heavy (non-hydrogen) atoms. The lowest BCUT2D eigenvalue weighted by Gasteiger charge is -2.13. The standard InChI is InChI=1S/C26H21N/c27-17-26-24-15-20(18-7-3-1-4-8-18)11-13-22(24)23-14-12-21(16-25(23)26)19-9-5-2-6-10-19/h1-16,26H,17,27H2. The zero-order valence-corrected chi connectivity index (χ0v) is 15.1. The van der Waals surface area contributed by atoms with Gasteiger partial charge in [0.2, 0.25) is 0 Å². The van der Waals surface area contributed by atoms with Gasteiger partial charge in [-0.1, -0.05) is 84.9 Å². The molecule has 0 bridgehead atoms. The van der Waals surface area contributed by atoms with Crippen LogP contribution in [0.3, 0.4) is 0 Å². The van der Waals surface area contributed by atoms with E-state index in [4.69, 9.17) is 5.73 Å². The summed E-state index contributed by atoms with van der Waals surface area (Å²) in [4.78, 5) is 0. The number of nitrogens with two attached hydrogens (primary N) is 1. The summed E-state index contributed by atoms with van der Waals surface area (Å²) in [5.74, 6) is 0.252. The molecule has 0 amide bonds. The van der Waals surface area contributed by atoms with Gasteiger partial charge in [-0.25, -0.2) is 0 Å². The van der Waals surface area contributed by atoms with E-state index in [2.05, 4.69) is 97.1 Å². The van der Waals surface area contributed by atoms with Crippen LogP contribution in [0.25, 0.3) is 33.4 Å². The van der Waals surface area contributed by atoms with Gasteiger partial charge in [-0.05, 0) is 56.6 Å². The molecule has 1 aliphatic carbocycles. The number of fused-ring (bicyclic) bond motifs is 3. The second kappa shape index (κ2) is 6.53. The Morgan fingerprint density at radius 2 is 0.963 bits per heavy atom.